The molecule has 1 saturated heterocycles. The van der Waals surface area contributed by atoms with Gasteiger partial charge in [-0.1, -0.05) is 30.3 Å². The van der Waals surface area contributed by atoms with Crippen molar-refractivity contribution in [1.29, 1.82) is 0 Å². The number of nitrogens with zero attached hydrogens (tertiary/aromatic N) is 4. The maximum atomic E-state index is 13.8. The van der Waals surface area contributed by atoms with E-state index in [9.17, 15) is 8.78 Å². The molecule has 0 saturated carbocycles. The summed E-state index contributed by atoms with van der Waals surface area (Å²) in [4.78, 5) is 8.92. The van der Waals surface area contributed by atoms with E-state index in [-0.39, 0.29) is 6.04 Å². The van der Waals surface area contributed by atoms with Crippen LogP contribution in [0.1, 0.15) is 30.9 Å². The normalized spacial score (nSPS) is 16.1. The number of hydrogen-bond donors (Lipinski definition) is 0. The van der Waals surface area contributed by atoms with Crippen LogP contribution in [-0.2, 0) is 11.3 Å². The van der Waals surface area contributed by atoms with Crippen molar-refractivity contribution in [3.63, 3.8) is 0 Å². The molecule has 1 aliphatic heterocycles. The maximum absolute atomic E-state index is 13.8. The highest BCUT2D eigenvalue weighted by Crippen LogP contribution is 2.31. The second kappa shape index (κ2) is 8.47. The van der Waals surface area contributed by atoms with E-state index in [1.165, 1.54) is 11.3 Å². The molecule has 1 atom stereocenters. The molecule has 0 amide bonds. The van der Waals surface area contributed by atoms with Crippen LogP contribution in [0.25, 0.3) is 11.0 Å². The molecule has 0 spiro atoms. The minimum absolute atomic E-state index is 0.269. The van der Waals surface area contributed by atoms with Crippen molar-refractivity contribution in [2.45, 2.75) is 26.1 Å². The zero-order valence-corrected chi connectivity index (χ0v) is 16.8. The van der Waals surface area contributed by atoms with E-state index in [1.807, 2.05) is 32.2 Å². The largest absolute Gasteiger partial charge is 0.378 e. The number of anilines is 1. The Balaban J connectivity index is 1.61. The molecular formula is C22H26F2N4O. The van der Waals surface area contributed by atoms with E-state index in [1.54, 1.807) is 18.2 Å². The smallest absolute Gasteiger partial charge is 0.320 e. The first-order valence-electron chi connectivity index (χ1n) is 9.92. The fourth-order valence-corrected chi connectivity index (χ4v) is 3.92. The molecular weight excluding hydrogens is 374 g/mol. The minimum atomic E-state index is -2.63. The van der Waals surface area contributed by atoms with Gasteiger partial charge >= 0.3 is 6.55 Å². The number of imidazole rings is 1. The maximum Gasteiger partial charge on any atom is 0.320 e. The van der Waals surface area contributed by atoms with E-state index in [2.05, 4.69) is 26.9 Å². The number of morpholine rings is 1. The number of hydrogen-bond acceptors (Lipinski definition) is 4. The number of fused-ring (bicyclic) bond motifs is 1. The monoisotopic (exact) mass is 400 g/mol. The zero-order chi connectivity index (χ0) is 20.4. The molecule has 3 aromatic rings. The molecule has 1 fully saturated rings. The fourth-order valence-electron chi connectivity index (χ4n) is 3.92. The average molecular weight is 400 g/mol. The second-order valence-corrected chi connectivity index (χ2v) is 7.43. The summed E-state index contributed by atoms with van der Waals surface area (Å²) >= 11 is 0. The Kier molecular flexibility index (Phi) is 5.78. The molecule has 154 valence electrons. The first-order chi connectivity index (χ1) is 14.1. The average Bonchev–Trinajstić information content (AvgIpc) is 3.14. The van der Waals surface area contributed by atoms with Crippen LogP contribution < -0.4 is 4.90 Å². The first kappa shape index (κ1) is 19.8. The molecule has 0 unspecified atom stereocenters. The van der Waals surface area contributed by atoms with Crippen molar-refractivity contribution in [3.8, 4) is 0 Å². The number of benzene rings is 2. The van der Waals surface area contributed by atoms with Crippen LogP contribution in [0.15, 0.2) is 48.5 Å². The van der Waals surface area contributed by atoms with E-state index >= 15 is 0 Å². The van der Waals surface area contributed by atoms with Crippen molar-refractivity contribution in [3.05, 3.63) is 59.9 Å². The Bertz CT molecular complexity index is 968. The van der Waals surface area contributed by atoms with Crippen LogP contribution >= 0.6 is 0 Å². The van der Waals surface area contributed by atoms with Crippen LogP contribution in [0, 0.1) is 0 Å². The highest BCUT2D eigenvalue weighted by molar-refractivity contribution is 5.76. The highest BCUT2D eigenvalue weighted by atomic mass is 19.3. The quantitative estimate of drug-likeness (QED) is 0.612. The predicted molar refractivity (Wildman–Crippen MR) is 110 cm³/mol. The number of para-hydroxylation sites is 3. The molecule has 0 bridgehead atoms. The lowest BCUT2D eigenvalue weighted by Gasteiger charge is -2.32. The van der Waals surface area contributed by atoms with E-state index in [0.717, 1.165) is 30.9 Å². The second-order valence-electron chi connectivity index (χ2n) is 7.43. The third kappa shape index (κ3) is 3.97. The summed E-state index contributed by atoms with van der Waals surface area (Å²) in [5, 5.41) is 0. The van der Waals surface area contributed by atoms with Gasteiger partial charge in [0.15, 0.2) is 0 Å². The van der Waals surface area contributed by atoms with Gasteiger partial charge in [0.1, 0.15) is 5.82 Å². The van der Waals surface area contributed by atoms with Crippen LogP contribution in [0.3, 0.4) is 0 Å². The molecule has 2 heterocycles. The third-order valence-electron chi connectivity index (χ3n) is 5.62. The number of alkyl halides is 2. The number of rotatable bonds is 6. The zero-order valence-electron chi connectivity index (χ0n) is 16.8. The van der Waals surface area contributed by atoms with Crippen LogP contribution in [0.5, 0.6) is 0 Å². The van der Waals surface area contributed by atoms with Gasteiger partial charge in [0.2, 0.25) is 0 Å². The number of aromatic nitrogens is 2. The summed E-state index contributed by atoms with van der Waals surface area (Å²) in [7, 11) is 1.95. The predicted octanol–water partition coefficient (Wildman–Crippen LogP) is 4.46. The summed E-state index contributed by atoms with van der Waals surface area (Å²) in [5.41, 5.74) is 3.41. The van der Waals surface area contributed by atoms with Gasteiger partial charge in [0.25, 0.3) is 0 Å². The Hall–Kier alpha value is -2.51. The van der Waals surface area contributed by atoms with Crippen LogP contribution in [-0.4, -0.2) is 47.8 Å². The van der Waals surface area contributed by atoms with Gasteiger partial charge < -0.3 is 9.64 Å². The van der Waals surface area contributed by atoms with Gasteiger partial charge in [-0.2, -0.15) is 8.78 Å². The lowest BCUT2D eigenvalue weighted by molar-refractivity contribution is 0.0657. The summed E-state index contributed by atoms with van der Waals surface area (Å²) in [5.74, 6) is 0.382. The molecule has 0 N–H and O–H groups in total. The van der Waals surface area contributed by atoms with E-state index in [0.29, 0.717) is 23.4 Å². The number of halogens is 2. The van der Waals surface area contributed by atoms with Gasteiger partial charge in [0.05, 0.1) is 30.3 Å². The van der Waals surface area contributed by atoms with Gasteiger partial charge in [-0.3, -0.25) is 9.47 Å². The summed E-state index contributed by atoms with van der Waals surface area (Å²) < 4.78 is 34.2. The van der Waals surface area contributed by atoms with Gasteiger partial charge in [-0.05, 0) is 37.7 Å². The Morgan fingerprint density at radius 3 is 2.52 bits per heavy atom. The van der Waals surface area contributed by atoms with Crippen LogP contribution in [0.4, 0.5) is 14.5 Å². The molecule has 7 heteroatoms. The number of ether oxygens (including phenoxy) is 1. The summed E-state index contributed by atoms with van der Waals surface area (Å²) in [6.07, 6.45) is 0. The molecule has 1 aliphatic rings. The van der Waals surface area contributed by atoms with Crippen molar-refractivity contribution < 1.29 is 13.5 Å². The van der Waals surface area contributed by atoms with Gasteiger partial charge in [-0.25, -0.2) is 4.98 Å². The van der Waals surface area contributed by atoms with Gasteiger partial charge in [-0.15, -0.1) is 0 Å². The van der Waals surface area contributed by atoms with Crippen molar-refractivity contribution in [1.82, 2.24) is 14.5 Å². The standard InChI is InChI=1S/C22H26F2N4O/c1-16(21-25-18-8-4-6-10-20(18)28(21)22(23)24)26(2)15-17-7-3-5-9-19(17)27-11-13-29-14-12-27/h3-10,16,22H,11-15H2,1-2H3/t16-/m1/s1. The molecule has 5 nitrogen and oxygen atoms in total. The molecule has 29 heavy (non-hydrogen) atoms. The molecule has 0 aliphatic carbocycles. The van der Waals surface area contributed by atoms with Crippen molar-refractivity contribution in [2.24, 2.45) is 0 Å². The minimum Gasteiger partial charge on any atom is -0.378 e. The molecule has 1 aromatic heterocycles. The molecule has 2 aromatic carbocycles. The Morgan fingerprint density at radius 1 is 1.07 bits per heavy atom. The summed E-state index contributed by atoms with van der Waals surface area (Å²) in [6, 6.07) is 15.1. The van der Waals surface area contributed by atoms with Crippen molar-refractivity contribution in [2.75, 3.05) is 38.3 Å². The SMILES string of the molecule is C[C@H](c1nc2ccccc2n1C(F)F)N(C)Cc1ccccc1N1CCOCC1. The lowest BCUT2D eigenvalue weighted by Crippen LogP contribution is -2.37. The fraction of sp³-hybridized carbons (Fsp3) is 0.409. The van der Waals surface area contributed by atoms with Crippen molar-refractivity contribution >= 4 is 16.7 Å². The third-order valence-corrected chi connectivity index (χ3v) is 5.62. The molecule has 0 radical (unpaired) electrons. The Morgan fingerprint density at radius 2 is 1.76 bits per heavy atom. The molecule has 4 rings (SSSR count). The highest BCUT2D eigenvalue weighted by Gasteiger charge is 2.25. The lowest BCUT2D eigenvalue weighted by atomic mass is 10.1. The van der Waals surface area contributed by atoms with Gasteiger partial charge in [0, 0.05) is 25.3 Å². The summed E-state index contributed by atoms with van der Waals surface area (Å²) in [6.45, 7) is 3.10. The van der Waals surface area contributed by atoms with E-state index < -0.39 is 6.55 Å². The topological polar surface area (TPSA) is 33.5 Å². The van der Waals surface area contributed by atoms with Crippen LogP contribution in [0.2, 0.25) is 0 Å². The Labute approximate surface area is 169 Å². The first-order valence-corrected chi connectivity index (χ1v) is 9.92. The van der Waals surface area contributed by atoms with E-state index in [4.69, 9.17) is 4.74 Å².